The van der Waals surface area contributed by atoms with Crippen molar-refractivity contribution in [3.05, 3.63) is 36.5 Å². The number of carbonyl (C=O) groups excluding carboxylic acids is 1. The summed E-state index contributed by atoms with van der Waals surface area (Å²) in [5.74, 6) is -0.266. The molecule has 0 saturated carbocycles. The Labute approximate surface area is 409 Å². The van der Waals surface area contributed by atoms with Gasteiger partial charge in [-0.15, -0.1) is 0 Å². The fourth-order valence-electron chi connectivity index (χ4n) is 8.68. The Balaban J connectivity index is 1.55. The van der Waals surface area contributed by atoms with Gasteiger partial charge in [-0.05, 0) is 44.9 Å². The third kappa shape index (κ3) is 21.2. The van der Waals surface area contributed by atoms with Gasteiger partial charge in [0.2, 0.25) is 5.91 Å². The van der Waals surface area contributed by atoms with Gasteiger partial charge in [-0.25, -0.2) is 0 Å². The van der Waals surface area contributed by atoms with Crippen molar-refractivity contribution < 1.29 is 89.4 Å². The van der Waals surface area contributed by atoms with Crippen LogP contribution in [0.1, 0.15) is 142 Å². The number of amides is 1. The zero-order chi connectivity index (χ0) is 50.6. The van der Waals surface area contributed by atoms with Gasteiger partial charge in [0.1, 0.15) is 73.2 Å². The average Bonchev–Trinajstić information content (AvgIpc) is 3.34. The predicted octanol–water partition coefficient (Wildman–Crippen LogP) is 1.81. The Morgan fingerprint density at radius 3 is 1.57 bits per heavy atom. The first-order valence-electron chi connectivity index (χ1n) is 25.7. The highest BCUT2D eigenvalue weighted by atomic mass is 16.8. The highest BCUT2D eigenvalue weighted by molar-refractivity contribution is 5.76. The van der Waals surface area contributed by atoms with Crippen LogP contribution < -0.4 is 5.32 Å². The first kappa shape index (κ1) is 61.3. The van der Waals surface area contributed by atoms with Crippen LogP contribution in [0.5, 0.6) is 0 Å². The minimum Gasteiger partial charge on any atom is -0.394 e. The molecular weight excluding hydrogens is 903 g/mol. The van der Waals surface area contributed by atoms with Crippen molar-refractivity contribution in [1.29, 1.82) is 0 Å². The van der Waals surface area contributed by atoms with Crippen LogP contribution in [0, 0.1) is 0 Å². The molecule has 0 radical (unpaired) electrons. The molecule has 17 unspecified atom stereocenters. The number of aliphatic hydroxyl groups is 11. The van der Waals surface area contributed by atoms with E-state index in [1.54, 1.807) is 0 Å². The number of hydrogen-bond donors (Lipinski definition) is 12. The maximum absolute atomic E-state index is 13.2. The second-order valence-electron chi connectivity index (χ2n) is 18.6. The van der Waals surface area contributed by atoms with E-state index in [1.807, 2.05) is 0 Å². The lowest BCUT2D eigenvalue weighted by Crippen LogP contribution is -2.66. The molecule has 3 heterocycles. The van der Waals surface area contributed by atoms with Crippen LogP contribution in [-0.2, 0) is 33.2 Å². The van der Waals surface area contributed by atoms with E-state index >= 15 is 0 Å². The topological polar surface area (TPSA) is 307 Å². The fraction of sp³-hybridized carbons (Fsp3) is 0.860. The average molecular weight is 992 g/mol. The summed E-state index contributed by atoms with van der Waals surface area (Å²) in [5.41, 5.74) is 0. The standard InChI is InChI=1S/C50H89NO18/c1-3-5-7-9-11-13-14-15-16-17-18-20-22-24-26-28-38(56)51-33(34(55)27-25-23-21-19-12-10-8-6-4-2)32-64-48-44(62)41(59)46(36(30-53)66-48)69-50-45(63)42(60)47(37(31-54)67-50)68-49-43(61)40(58)39(57)35(29-52)65-49/h5,7,11,13,15-16,33-37,39-50,52-55,57-63H,3-4,6,8-10,12,14,17-32H2,1-2H3,(H,51,56)/b7-5-,13-11-,16-15-. The molecule has 3 aliphatic rings. The molecule has 0 aliphatic carbocycles. The van der Waals surface area contributed by atoms with E-state index in [4.69, 9.17) is 28.4 Å². The molecule has 402 valence electrons. The molecule has 0 aromatic rings. The highest BCUT2D eigenvalue weighted by Gasteiger charge is 2.53. The Hall–Kier alpha value is -1.99. The van der Waals surface area contributed by atoms with Crippen LogP contribution >= 0.6 is 0 Å². The zero-order valence-corrected chi connectivity index (χ0v) is 41.0. The third-order valence-electron chi connectivity index (χ3n) is 13.0. The van der Waals surface area contributed by atoms with Crippen LogP contribution in [0.25, 0.3) is 0 Å². The monoisotopic (exact) mass is 992 g/mol. The van der Waals surface area contributed by atoms with Gasteiger partial charge in [0.15, 0.2) is 18.9 Å². The van der Waals surface area contributed by atoms with E-state index in [0.29, 0.717) is 12.8 Å². The van der Waals surface area contributed by atoms with Gasteiger partial charge in [-0.3, -0.25) is 4.79 Å². The maximum Gasteiger partial charge on any atom is 0.220 e. The summed E-state index contributed by atoms with van der Waals surface area (Å²) >= 11 is 0. The van der Waals surface area contributed by atoms with E-state index in [9.17, 15) is 61.0 Å². The molecule has 3 fully saturated rings. The first-order chi connectivity index (χ1) is 33.3. The summed E-state index contributed by atoms with van der Waals surface area (Å²) < 4.78 is 34.1. The molecule has 12 N–H and O–H groups in total. The van der Waals surface area contributed by atoms with Gasteiger partial charge < -0.3 is 89.9 Å². The molecule has 3 saturated heterocycles. The minimum absolute atomic E-state index is 0.245. The number of unbranched alkanes of at least 4 members (excludes halogenated alkanes) is 13. The largest absolute Gasteiger partial charge is 0.394 e. The van der Waals surface area contributed by atoms with E-state index in [-0.39, 0.29) is 18.9 Å². The van der Waals surface area contributed by atoms with Crippen molar-refractivity contribution in [1.82, 2.24) is 5.32 Å². The lowest BCUT2D eigenvalue weighted by Gasteiger charge is -2.48. The van der Waals surface area contributed by atoms with Gasteiger partial charge in [-0.1, -0.05) is 127 Å². The van der Waals surface area contributed by atoms with Gasteiger partial charge in [0, 0.05) is 6.42 Å². The van der Waals surface area contributed by atoms with Gasteiger partial charge in [0.25, 0.3) is 0 Å². The van der Waals surface area contributed by atoms with E-state index < -0.39 is 124 Å². The van der Waals surface area contributed by atoms with Crippen LogP contribution in [0.3, 0.4) is 0 Å². The highest BCUT2D eigenvalue weighted by Crippen LogP contribution is 2.33. The number of nitrogens with one attached hydrogen (secondary N) is 1. The van der Waals surface area contributed by atoms with E-state index in [1.165, 1.54) is 32.1 Å². The summed E-state index contributed by atoms with van der Waals surface area (Å²) in [6, 6.07) is -0.892. The third-order valence-corrected chi connectivity index (χ3v) is 13.0. The fourth-order valence-corrected chi connectivity index (χ4v) is 8.68. The first-order valence-corrected chi connectivity index (χ1v) is 25.7. The van der Waals surface area contributed by atoms with Gasteiger partial charge >= 0.3 is 0 Å². The molecule has 0 aromatic carbocycles. The summed E-state index contributed by atoms with van der Waals surface area (Å²) in [6.07, 6.45) is 5.53. The summed E-state index contributed by atoms with van der Waals surface area (Å²) in [4.78, 5) is 13.2. The molecule has 1 amide bonds. The van der Waals surface area contributed by atoms with E-state index in [0.717, 1.165) is 77.0 Å². The SMILES string of the molecule is CC/C=C\C/C=C\C/C=C\CCCCCCCC(=O)NC(COC1OC(CO)C(OC2OC(CO)C(OC3OC(CO)C(O)C(O)C3O)C(O)C2O)C(O)C1O)C(O)CCCCCCCCCCC. The van der Waals surface area contributed by atoms with Crippen LogP contribution in [-0.4, -0.2) is 193 Å². The molecular formula is C50H89NO18. The van der Waals surface area contributed by atoms with Crippen molar-refractivity contribution in [2.75, 3.05) is 26.4 Å². The number of rotatable bonds is 35. The lowest BCUT2D eigenvalue weighted by atomic mass is 9.96. The second-order valence-corrected chi connectivity index (χ2v) is 18.6. The summed E-state index contributed by atoms with van der Waals surface area (Å²) in [5, 5.41) is 120. The number of aliphatic hydroxyl groups excluding tert-OH is 11. The number of ether oxygens (including phenoxy) is 6. The van der Waals surface area contributed by atoms with Crippen LogP contribution in [0.4, 0.5) is 0 Å². The quantitative estimate of drug-likeness (QED) is 0.0318. The van der Waals surface area contributed by atoms with Crippen molar-refractivity contribution >= 4 is 5.91 Å². The molecule has 19 heteroatoms. The summed E-state index contributed by atoms with van der Waals surface area (Å²) in [7, 11) is 0. The van der Waals surface area contributed by atoms with E-state index in [2.05, 4.69) is 55.6 Å². The molecule has 3 aliphatic heterocycles. The Morgan fingerprint density at radius 2 is 1.00 bits per heavy atom. The van der Waals surface area contributed by atoms with Crippen LogP contribution in [0.2, 0.25) is 0 Å². The van der Waals surface area contributed by atoms with Crippen LogP contribution in [0.15, 0.2) is 36.5 Å². The second kappa shape index (κ2) is 35.2. The molecule has 69 heavy (non-hydrogen) atoms. The Morgan fingerprint density at radius 1 is 0.536 bits per heavy atom. The molecule has 3 rings (SSSR count). The molecule has 0 aromatic heterocycles. The molecule has 17 atom stereocenters. The zero-order valence-electron chi connectivity index (χ0n) is 41.0. The Kier molecular flexibility index (Phi) is 31.3. The Bertz CT molecular complexity index is 1420. The number of allylic oxidation sites excluding steroid dienone is 6. The van der Waals surface area contributed by atoms with Gasteiger partial charge in [0.05, 0.1) is 38.6 Å². The normalized spacial score (nSPS) is 33.1. The summed E-state index contributed by atoms with van der Waals surface area (Å²) in [6.45, 7) is 1.59. The lowest BCUT2D eigenvalue weighted by molar-refractivity contribution is -0.379. The number of carbonyl (C=O) groups is 1. The van der Waals surface area contributed by atoms with Crippen molar-refractivity contribution in [2.45, 2.75) is 247 Å². The molecule has 0 spiro atoms. The molecule has 19 nitrogen and oxygen atoms in total. The smallest absolute Gasteiger partial charge is 0.220 e. The van der Waals surface area contributed by atoms with Crippen molar-refractivity contribution in [3.63, 3.8) is 0 Å². The minimum atomic E-state index is -1.97. The molecule has 0 bridgehead atoms. The van der Waals surface area contributed by atoms with Crippen molar-refractivity contribution in [3.8, 4) is 0 Å². The maximum atomic E-state index is 13.2. The number of hydrogen-bond acceptors (Lipinski definition) is 18. The van der Waals surface area contributed by atoms with Crippen molar-refractivity contribution in [2.24, 2.45) is 0 Å². The predicted molar refractivity (Wildman–Crippen MR) is 254 cm³/mol. The van der Waals surface area contributed by atoms with Gasteiger partial charge in [-0.2, -0.15) is 0 Å².